The van der Waals surface area contributed by atoms with Gasteiger partial charge in [0.15, 0.2) is 6.10 Å². The minimum atomic E-state index is -1.52. The van der Waals surface area contributed by atoms with Crippen LogP contribution in [0.25, 0.3) is 0 Å². The van der Waals surface area contributed by atoms with Crippen molar-refractivity contribution >= 4 is 5.97 Å². The number of aliphatic carboxylic acids is 1. The summed E-state index contributed by atoms with van der Waals surface area (Å²) in [5.74, 6) is -0.783. The highest BCUT2D eigenvalue weighted by Crippen LogP contribution is 2.32. The molecule has 1 aliphatic rings. The van der Waals surface area contributed by atoms with E-state index >= 15 is 0 Å². The van der Waals surface area contributed by atoms with Gasteiger partial charge in [-0.3, -0.25) is 0 Å². The fraction of sp³-hybridized carbons (Fsp3) is 0.417. The first kappa shape index (κ1) is 11.0. The van der Waals surface area contributed by atoms with Crippen molar-refractivity contribution < 1.29 is 19.7 Å². The minimum absolute atomic E-state index is 0.183. The van der Waals surface area contributed by atoms with E-state index in [-0.39, 0.29) is 6.10 Å². The molecule has 0 aromatic heterocycles. The molecule has 2 rings (SSSR count). The van der Waals surface area contributed by atoms with Gasteiger partial charge >= 0.3 is 5.97 Å². The maximum atomic E-state index is 10.8. The van der Waals surface area contributed by atoms with Crippen molar-refractivity contribution in [2.24, 2.45) is 0 Å². The standard InChI is InChI=1S/C12H14O4/c1-7-2-5-10(16-8-3-4-8)9(6-7)11(13)12(14)15/h2,5-6,8,11,13H,3-4H2,1H3,(H,14,15). The van der Waals surface area contributed by atoms with Gasteiger partial charge in [0.25, 0.3) is 0 Å². The molecule has 2 N–H and O–H groups in total. The summed E-state index contributed by atoms with van der Waals surface area (Å²) < 4.78 is 5.56. The number of hydrogen-bond donors (Lipinski definition) is 2. The zero-order chi connectivity index (χ0) is 11.7. The highest BCUT2D eigenvalue weighted by molar-refractivity contribution is 5.75. The lowest BCUT2D eigenvalue weighted by atomic mass is 10.1. The van der Waals surface area contributed by atoms with E-state index in [1.165, 1.54) is 0 Å². The van der Waals surface area contributed by atoms with Crippen molar-refractivity contribution in [1.29, 1.82) is 0 Å². The van der Waals surface area contributed by atoms with Crippen LogP contribution < -0.4 is 4.74 Å². The number of aliphatic hydroxyl groups is 1. The predicted octanol–water partition coefficient (Wildman–Crippen LogP) is 1.65. The van der Waals surface area contributed by atoms with Gasteiger partial charge in [0.2, 0.25) is 0 Å². The summed E-state index contributed by atoms with van der Waals surface area (Å²) in [6.45, 7) is 1.85. The van der Waals surface area contributed by atoms with Crippen LogP contribution in [0.1, 0.15) is 30.1 Å². The summed E-state index contributed by atoms with van der Waals surface area (Å²) in [7, 11) is 0. The Balaban J connectivity index is 2.30. The third kappa shape index (κ3) is 2.33. The van der Waals surface area contributed by atoms with Crippen molar-refractivity contribution in [2.75, 3.05) is 0 Å². The topological polar surface area (TPSA) is 66.8 Å². The number of benzene rings is 1. The third-order valence-corrected chi connectivity index (χ3v) is 2.51. The van der Waals surface area contributed by atoms with E-state index in [1.54, 1.807) is 12.1 Å². The zero-order valence-corrected chi connectivity index (χ0v) is 9.01. The molecule has 0 amide bonds. The molecule has 0 bridgehead atoms. The van der Waals surface area contributed by atoms with E-state index in [2.05, 4.69) is 0 Å². The Morgan fingerprint density at radius 1 is 1.50 bits per heavy atom. The molecule has 0 spiro atoms. The van der Waals surface area contributed by atoms with Gasteiger partial charge in [0.05, 0.1) is 6.10 Å². The number of carboxylic acids is 1. The highest BCUT2D eigenvalue weighted by atomic mass is 16.5. The number of aliphatic hydroxyl groups excluding tert-OH is 1. The Bertz CT molecular complexity index is 409. The maximum absolute atomic E-state index is 10.8. The van der Waals surface area contributed by atoms with Crippen LogP contribution in [0.2, 0.25) is 0 Å². The van der Waals surface area contributed by atoms with Crippen LogP contribution in [0, 0.1) is 6.92 Å². The molecule has 0 aliphatic heterocycles. The molecule has 1 aromatic carbocycles. The SMILES string of the molecule is Cc1ccc(OC2CC2)c(C(O)C(=O)O)c1. The smallest absolute Gasteiger partial charge is 0.337 e. The summed E-state index contributed by atoms with van der Waals surface area (Å²) in [5, 5.41) is 18.4. The lowest BCUT2D eigenvalue weighted by molar-refractivity contribution is -0.147. The number of carboxylic acid groups (broad SMARTS) is 1. The van der Waals surface area contributed by atoms with Crippen molar-refractivity contribution in [2.45, 2.75) is 32.0 Å². The molecule has 86 valence electrons. The van der Waals surface area contributed by atoms with Crippen LogP contribution in [-0.4, -0.2) is 22.3 Å². The number of hydrogen-bond acceptors (Lipinski definition) is 3. The second kappa shape index (κ2) is 4.14. The largest absolute Gasteiger partial charge is 0.490 e. The summed E-state index contributed by atoms with van der Waals surface area (Å²) in [4.78, 5) is 10.8. The molecule has 0 saturated heterocycles. The Morgan fingerprint density at radius 2 is 2.19 bits per heavy atom. The van der Waals surface area contributed by atoms with Crippen LogP contribution in [0.5, 0.6) is 5.75 Å². The lowest BCUT2D eigenvalue weighted by Crippen LogP contribution is -2.13. The number of rotatable bonds is 4. The van der Waals surface area contributed by atoms with Crippen molar-refractivity contribution in [3.8, 4) is 5.75 Å². The van der Waals surface area contributed by atoms with Crippen LogP contribution in [0.3, 0.4) is 0 Å². The second-order valence-corrected chi connectivity index (χ2v) is 4.10. The Kier molecular flexibility index (Phi) is 2.83. The van der Waals surface area contributed by atoms with Crippen molar-refractivity contribution in [1.82, 2.24) is 0 Å². The average molecular weight is 222 g/mol. The van der Waals surface area contributed by atoms with Crippen LogP contribution in [-0.2, 0) is 4.79 Å². The summed E-state index contributed by atoms with van der Waals surface area (Å²) in [6.07, 6.45) is 0.656. The minimum Gasteiger partial charge on any atom is -0.490 e. The van der Waals surface area contributed by atoms with E-state index in [4.69, 9.17) is 9.84 Å². The summed E-state index contributed by atoms with van der Waals surface area (Å²) in [5.41, 5.74) is 1.23. The number of aryl methyl sites for hydroxylation is 1. The van der Waals surface area contributed by atoms with Gasteiger partial charge in [-0.25, -0.2) is 4.79 Å². The van der Waals surface area contributed by atoms with E-state index in [0.29, 0.717) is 11.3 Å². The molecule has 1 unspecified atom stereocenters. The van der Waals surface area contributed by atoms with E-state index < -0.39 is 12.1 Å². The molecule has 0 radical (unpaired) electrons. The fourth-order valence-electron chi connectivity index (χ4n) is 1.49. The van der Waals surface area contributed by atoms with Crippen LogP contribution in [0.4, 0.5) is 0 Å². The first-order chi connectivity index (χ1) is 7.58. The molecule has 1 atom stereocenters. The zero-order valence-electron chi connectivity index (χ0n) is 9.01. The summed E-state index contributed by atoms with van der Waals surface area (Å²) >= 11 is 0. The van der Waals surface area contributed by atoms with Gasteiger partial charge in [-0.15, -0.1) is 0 Å². The highest BCUT2D eigenvalue weighted by Gasteiger charge is 2.27. The monoisotopic (exact) mass is 222 g/mol. The van der Waals surface area contributed by atoms with Crippen LogP contribution >= 0.6 is 0 Å². The molecule has 4 heteroatoms. The van der Waals surface area contributed by atoms with Gasteiger partial charge in [-0.05, 0) is 31.9 Å². The summed E-state index contributed by atoms with van der Waals surface area (Å²) in [6, 6.07) is 5.21. The van der Waals surface area contributed by atoms with E-state index in [0.717, 1.165) is 18.4 Å². The number of ether oxygens (including phenoxy) is 1. The molecule has 1 saturated carbocycles. The van der Waals surface area contributed by atoms with Crippen molar-refractivity contribution in [3.05, 3.63) is 29.3 Å². The van der Waals surface area contributed by atoms with Gasteiger partial charge in [-0.1, -0.05) is 11.6 Å². The first-order valence-electron chi connectivity index (χ1n) is 5.26. The first-order valence-corrected chi connectivity index (χ1v) is 5.26. The molecule has 16 heavy (non-hydrogen) atoms. The van der Waals surface area contributed by atoms with Gasteiger partial charge < -0.3 is 14.9 Å². The Labute approximate surface area is 93.5 Å². The number of carbonyl (C=O) groups is 1. The maximum Gasteiger partial charge on any atom is 0.337 e. The fourth-order valence-corrected chi connectivity index (χ4v) is 1.49. The van der Waals surface area contributed by atoms with Crippen LogP contribution in [0.15, 0.2) is 18.2 Å². The van der Waals surface area contributed by atoms with Gasteiger partial charge in [-0.2, -0.15) is 0 Å². The predicted molar refractivity (Wildman–Crippen MR) is 57.4 cm³/mol. The Morgan fingerprint density at radius 3 is 2.75 bits per heavy atom. The van der Waals surface area contributed by atoms with E-state index in [1.807, 2.05) is 13.0 Å². The van der Waals surface area contributed by atoms with Gasteiger partial charge in [0.1, 0.15) is 5.75 Å². The molecule has 1 aromatic rings. The van der Waals surface area contributed by atoms with Crippen molar-refractivity contribution in [3.63, 3.8) is 0 Å². The molecule has 1 aliphatic carbocycles. The molecule has 4 nitrogen and oxygen atoms in total. The quantitative estimate of drug-likeness (QED) is 0.813. The second-order valence-electron chi connectivity index (χ2n) is 4.10. The molecular formula is C12H14O4. The lowest BCUT2D eigenvalue weighted by Gasteiger charge is -2.13. The third-order valence-electron chi connectivity index (χ3n) is 2.51. The van der Waals surface area contributed by atoms with E-state index in [9.17, 15) is 9.90 Å². The Hall–Kier alpha value is -1.55. The molecule has 0 heterocycles. The average Bonchev–Trinajstić information content (AvgIpc) is 3.03. The normalized spacial score (nSPS) is 16.9. The molecule has 1 fully saturated rings. The molecular weight excluding hydrogens is 208 g/mol. The van der Waals surface area contributed by atoms with Gasteiger partial charge in [0, 0.05) is 5.56 Å².